The lowest BCUT2D eigenvalue weighted by Crippen LogP contribution is -2.44. The molecule has 0 fully saturated rings. The van der Waals surface area contributed by atoms with Crippen molar-refractivity contribution in [2.75, 3.05) is 13.1 Å². The Balaban J connectivity index is 2.39. The molecule has 0 spiro atoms. The summed E-state index contributed by atoms with van der Waals surface area (Å²) in [6, 6.07) is 4.02. The van der Waals surface area contributed by atoms with Crippen molar-refractivity contribution in [1.29, 1.82) is 0 Å². The van der Waals surface area contributed by atoms with Gasteiger partial charge in [0.2, 0.25) is 0 Å². The fraction of sp³-hybridized carbons (Fsp3) is 0.533. The lowest BCUT2D eigenvalue weighted by atomic mass is 10.2. The average molecular weight is 397 g/mol. The minimum absolute atomic E-state index is 0.142. The van der Waals surface area contributed by atoms with Gasteiger partial charge in [-0.25, -0.2) is 18.0 Å². The van der Waals surface area contributed by atoms with Gasteiger partial charge in [0.05, 0.1) is 13.1 Å². The monoisotopic (exact) mass is 396 g/mol. The van der Waals surface area contributed by atoms with E-state index in [9.17, 15) is 18.0 Å². The summed E-state index contributed by atoms with van der Waals surface area (Å²) < 4.78 is 45.7. The first-order valence-electron chi connectivity index (χ1n) is 6.98. The van der Waals surface area contributed by atoms with E-state index in [0.717, 1.165) is 0 Å². The predicted molar refractivity (Wildman–Crippen MR) is 85.0 cm³/mol. The third kappa shape index (κ3) is 8.22. The molecule has 1 aromatic carbocycles. The summed E-state index contributed by atoms with van der Waals surface area (Å²) in [6.45, 7) is 3.61. The number of hydrogen-bond acceptors (Lipinski definition) is 3. The zero-order valence-corrected chi connectivity index (χ0v) is 14.8. The first-order valence-corrected chi connectivity index (χ1v) is 7.77. The van der Waals surface area contributed by atoms with Crippen LogP contribution in [0.1, 0.15) is 26.3 Å². The number of alkyl carbamates (subject to hydrolysis) is 1. The number of halogens is 4. The lowest BCUT2D eigenvalue weighted by Gasteiger charge is -2.22. The van der Waals surface area contributed by atoms with Gasteiger partial charge in [-0.05, 0) is 38.5 Å². The van der Waals surface area contributed by atoms with Crippen LogP contribution in [-0.4, -0.2) is 30.7 Å². The van der Waals surface area contributed by atoms with E-state index < -0.39 is 36.5 Å². The second-order valence-electron chi connectivity index (χ2n) is 6.05. The minimum Gasteiger partial charge on any atom is -0.444 e. The quantitative estimate of drug-likeness (QED) is 0.767. The third-order valence-electron chi connectivity index (χ3n) is 2.60. The van der Waals surface area contributed by atoms with Crippen LogP contribution in [0.15, 0.2) is 22.7 Å². The van der Waals surface area contributed by atoms with Crippen LogP contribution in [0.25, 0.3) is 0 Å². The van der Waals surface area contributed by atoms with E-state index in [-0.39, 0.29) is 6.54 Å². The molecule has 0 unspecified atom stereocenters. The van der Waals surface area contributed by atoms with Crippen LogP contribution in [0, 0.1) is 5.82 Å². The Kier molecular flexibility index (Phi) is 6.88. The fourth-order valence-corrected chi connectivity index (χ4v) is 2.11. The van der Waals surface area contributed by atoms with E-state index in [0.29, 0.717) is 10.0 Å². The van der Waals surface area contributed by atoms with Crippen molar-refractivity contribution in [2.24, 2.45) is 0 Å². The molecule has 0 aliphatic carbocycles. The molecule has 1 rings (SSSR count). The van der Waals surface area contributed by atoms with Crippen LogP contribution in [0.2, 0.25) is 0 Å². The molecule has 2 N–H and O–H groups in total. The van der Waals surface area contributed by atoms with Gasteiger partial charge in [0, 0.05) is 11.0 Å². The predicted octanol–water partition coefficient (Wildman–Crippen LogP) is 3.84. The zero-order valence-electron chi connectivity index (χ0n) is 13.2. The van der Waals surface area contributed by atoms with E-state index in [4.69, 9.17) is 4.74 Å². The summed E-state index contributed by atoms with van der Waals surface area (Å²) in [5.41, 5.74) is -0.0887. The molecule has 0 radical (unpaired) electrons. The highest BCUT2D eigenvalue weighted by atomic mass is 79.9. The van der Waals surface area contributed by atoms with Crippen LogP contribution >= 0.6 is 15.9 Å². The molecular weight excluding hydrogens is 377 g/mol. The number of benzene rings is 1. The Morgan fingerprint density at radius 3 is 2.48 bits per heavy atom. The number of hydrogen-bond donors (Lipinski definition) is 2. The van der Waals surface area contributed by atoms with Crippen LogP contribution in [0.3, 0.4) is 0 Å². The zero-order chi connectivity index (χ0) is 17.7. The Hall–Kier alpha value is -1.28. The van der Waals surface area contributed by atoms with E-state index >= 15 is 0 Å². The van der Waals surface area contributed by atoms with Crippen LogP contribution in [-0.2, 0) is 11.3 Å². The van der Waals surface area contributed by atoms with Gasteiger partial charge in [-0.3, -0.25) is 0 Å². The maximum atomic E-state index is 13.7. The van der Waals surface area contributed by atoms with E-state index in [2.05, 4.69) is 21.2 Å². The lowest BCUT2D eigenvalue weighted by molar-refractivity contribution is -0.00377. The molecule has 0 saturated heterocycles. The summed E-state index contributed by atoms with van der Waals surface area (Å²) in [5.74, 6) is -3.55. The smallest absolute Gasteiger partial charge is 0.407 e. The molecule has 1 aromatic rings. The Morgan fingerprint density at radius 1 is 1.26 bits per heavy atom. The number of rotatable bonds is 6. The maximum absolute atomic E-state index is 13.7. The molecule has 23 heavy (non-hydrogen) atoms. The van der Waals surface area contributed by atoms with Gasteiger partial charge in [0.1, 0.15) is 11.4 Å². The number of carbonyl (C=O) groups excluding carboxylic acids is 1. The van der Waals surface area contributed by atoms with Gasteiger partial charge in [0.15, 0.2) is 0 Å². The van der Waals surface area contributed by atoms with Crippen molar-refractivity contribution in [3.63, 3.8) is 0 Å². The normalized spacial score (nSPS) is 12.1. The molecule has 0 heterocycles. The SMILES string of the molecule is CC(C)(C)OC(=O)NCC(F)(F)CNCc1ccc(F)cc1Br. The molecule has 4 nitrogen and oxygen atoms in total. The fourth-order valence-electron chi connectivity index (χ4n) is 1.62. The first kappa shape index (κ1) is 19.8. The standard InChI is InChI=1S/C15H20BrF3N2O2/c1-14(2,3)23-13(22)21-9-15(18,19)8-20-7-10-4-5-11(17)6-12(10)16/h4-6,20H,7-9H2,1-3H3,(H,21,22). The number of amides is 1. The highest BCUT2D eigenvalue weighted by molar-refractivity contribution is 9.10. The summed E-state index contributed by atoms with van der Waals surface area (Å²) in [5, 5.41) is 4.62. The maximum Gasteiger partial charge on any atom is 0.407 e. The summed E-state index contributed by atoms with van der Waals surface area (Å²) in [4.78, 5) is 11.3. The Labute approximate surface area is 141 Å². The highest BCUT2D eigenvalue weighted by Crippen LogP contribution is 2.18. The second-order valence-corrected chi connectivity index (χ2v) is 6.91. The Morgan fingerprint density at radius 2 is 1.91 bits per heavy atom. The molecule has 130 valence electrons. The van der Waals surface area contributed by atoms with Crippen LogP contribution in [0.4, 0.5) is 18.0 Å². The summed E-state index contributed by atoms with van der Waals surface area (Å²) >= 11 is 3.16. The topological polar surface area (TPSA) is 50.4 Å². The molecule has 0 aliphatic heterocycles. The van der Waals surface area contributed by atoms with E-state index in [1.807, 2.05) is 5.32 Å². The van der Waals surface area contributed by atoms with Crippen LogP contribution in [0.5, 0.6) is 0 Å². The molecule has 0 bridgehead atoms. The molecular formula is C15H20BrF3N2O2. The molecule has 1 amide bonds. The molecule has 8 heteroatoms. The van der Waals surface area contributed by atoms with Crippen molar-refractivity contribution >= 4 is 22.0 Å². The molecule has 0 saturated carbocycles. The van der Waals surface area contributed by atoms with Gasteiger partial charge in [0.25, 0.3) is 5.92 Å². The molecule has 0 aromatic heterocycles. The van der Waals surface area contributed by atoms with Gasteiger partial charge in [-0.2, -0.15) is 0 Å². The van der Waals surface area contributed by atoms with Crippen molar-refractivity contribution in [1.82, 2.24) is 10.6 Å². The number of ether oxygens (including phenoxy) is 1. The van der Waals surface area contributed by atoms with Crippen LogP contribution < -0.4 is 10.6 Å². The third-order valence-corrected chi connectivity index (χ3v) is 3.34. The van der Waals surface area contributed by atoms with E-state index in [1.54, 1.807) is 20.8 Å². The molecule has 0 aliphatic rings. The number of carbonyl (C=O) groups is 1. The molecule has 0 atom stereocenters. The first-order chi connectivity index (χ1) is 10.5. The van der Waals surface area contributed by atoms with Gasteiger partial charge >= 0.3 is 6.09 Å². The highest BCUT2D eigenvalue weighted by Gasteiger charge is 2.30. The van der Waals surface area contributed by atoms with Gasteiger partial charge in [-0.1, -0.05) is 22.0 Å². The number of nitrogens with one attached hydrogen (secondary N) is 2. The van der Waals surface area contributed by atoms with Crippen molar-refractivity contribution < 1.29 is 22.7 Å². The largest absolute Gasteiger partial charge is 0.444 e. The van der Waals surface area contributed by atoms with Crippen molar-refractivity contribution in [3.8, 4) is 0 Å². The second kappa shape index (κ2) is 8.01. The van der Waals surface area contributed by atoms with Gasteiger partial charge < -0.3 is 15.4 Å². The number of alkyl halides is 2. The Bertz CT molecular complexity index is 548. The van der Waals surface area contributed by atoms with Crippen molar-refractivity contribution in [2.45, 2.75) is 38.8 Å². The van der Waals surface area contributed by atoms with E-state index in [1.165, 1.54) is 18.2 Å². The summed E-state index contributed by atoms with van der Waals surface area (Å²) in [6.07, 6.45) is -0.890. The van der Waals surface area contributed by atoms with Crippen molar-refractivity contribution in [3.05, 3.63) is 34.1 Å². The van der Waals surface area contributed by atoms with Gasteiger partial charge in [-0.15, -0.1) is 0 Å². The summed E-state index contributed by atoms with van der Waals surface area (Å²) in [7, 11) is 0. The minimum atomic E-state index is -3.14. The average Bonchev–Trinajstić information content (AvgIpc) is 2.37.